The van der Waals surface area contributed by atoms with Gasteiger partial charge in [0.1, 0.15) is 0 Å². The van der Waals surface area contributed by atoms with Gasteiger partial charge < -0.3 is 11.3 Å². The van der Waals surface area contributed by atoms with E-state index in [0.29, 0.717) is 5.92 Å². The maximum absolute atomic E-state index is 11.4. The van der Waals surface area contributed by atoms with Crippen LogP contribution in [0.25, 0.3) is 0 Å². The second-order valence-electron chi connectivity index (χ2n) is 5.40. The summed E-state index contributed by atoms with van der Waals surface area (Å²) in [6.07, 6.45) is 12.6. The molecule has 0 saturated heterocycles. The fourth-order valence-corrected chi connectivity index (χ4v) is 1.99. The summed E-state index contributed by atoms with van der Waals surface area (Å²) in [6, 6.07) is 0. The Morgan fingerprint density at radius 3 is 1.59 bits per heavy atom. The van der Waals surface area contributed by atoms with Crippen LogP contribution in [0.2, 0.25) is 0 Å². The molecule has 0 aromatic carbocycles. The van der Waals surface area contributed by atoms with E-state index in [1.165, 1.54) is 51.4 Å². The molecule has 2 nitrogen and oxygen atoms in total. The molecule has 0 aliphatic heterocycles. The third-order valence-electron chi connectivity index (χ3n) is 3.34. The minimum absolute atomic E-state index is 0. The molecule has 0 radical (unpaired) electrons. The van der Waals surface area contributed by atoms with Gasteiger partial charge in [-0.3, -0.25) is 0 Å². The van der Waals surface area contributed by atoms with E-state index in [2.05, 4.69) is 6.92 Å². The molecule has 2 heteroatoms. The molecule has 0 spiro atoms. The van der Waals surface area contributed by atoms with Gasteiger partial charge in [0.25, 0.3) is 0 Å². The van der Waals surface area contributed by atoms with E-state index in [1.807, 2.05) is 13.8 Å². The molecule has 0 amide bonds. The van der Waals surface area contributed by atoms with Crippen molar-refractivity contribution in [2.45, 2.75) is 91.1 Å². The fraction of sp³-hybridized carbons (Fsp3) is 1.00. The molecule has 0 aliphatic rings. The highest BCUT2D eigenvalue weighted by atomic mass is 16.3. The average molecular weight is 245 g/mol. The Balaban J connectivity index is 0. The normalized spacial score (nSPS) is 12.5. The Kier molecular flexibility index (Phi) is 15.8. The zero-order chi connectivity index (χ0) is 12.2. The Morgan fingerprint density at radius 1 is 0.765 bits per heavy atom. The Labute approximate surface area is 109 Å². The van der Waals surface area contributed by atoms with Crippen LogP contribution in [-0.2, 0) is 0 Å². The first-order chi connectivity index (χ1) is 7.68. The van der Waals surface area contributed by atoms with Gasteiger partial charge in [-0.2, -0.15) is 0 Å². The van der Waals surface area contributed by atoms with Gasteiger partial charge in [-0.05, 0) is 0 Å². The second kappa shape index (κ2) is 14.0. The van der Waals surface area contributed by atoms with Gasteiger partial charge in [-0.15, -0.1) is 6.10 Å². The standard InChI is InChI=1S/C15H31O.H3N/c1-4-5-6-7-8-9-10-11-12-13-15(16)14(2)3;/h14-15H,4-13H2,1-3H3;1H3/q-1;/p+1. The van der Waals surface area contributed by atoms with Crippen LogP contribution in [0.1, 0.15) is 85.0 Å². The Hall–Kier alpha value is -0.0800. The zero-order valence-electron chi connectivity index (χ0n) is 12.6. The van der Waals surface area contributed by atoms with Crippen molar-refractivity contribution < 1.29 is 5.11 Å². The van der Waals surface area contributed by atoms with Crippen molar-refractivity contribution in [3.05, 3.63) is 0 Å². The summed E-state index contributed by atoms with van der Waals surface area (Å²) >= 11 is 0. The monoisotopic (exact) mass is 245 g/mol. The van der Waals surface area contributed by atoms with Gasteiger partial charge in [0.15, 0.2) is 0 Å². The van der Waals surface area contributed by atoms with E-state index in [-0.39, 0.29) is 12.3 Å². The summed E-state index contributed by atoms with van der Waals surface area (Å²) in [5.41, 5.74) is 0. The lowest BCUT2D eigenvalue weighted by Crippen LogP contribution is -2.30. The van der Waals surface area contributed by atoms with Gasteiger partial charge in [-0.25, -0.2) is 0 Å². The van der Waals surface area contributed by atoms with Gasteiger partial charge in [0, 0.05) is 0 Å². The van der Waals surface area contributed by atoms with Crippen molar-refractivity contribution in [3.8, 4) is 0 Å². The van der Waals surface area contributed by atoms with Crippen LogP contribution in [0.5, 0.6) is 0 Å². The van der Waals surface area contributed by atoms with Crippen molar-refractivity contribution in [1.82, 2.24) is 6.15 Å². The minimum Gasteiger partial charge on any atom is -0.852 e. The van der Waals surface area contributed by atoms with Gasteiger partial charge in [-0.1, -0.05) is 90.9 Å². The first kappa shape index (κ1) is 19.3. The number of hydrogen-bond acceptors (Lipinski definition) is 1. The molecule has 1 atom stereocenters. The molecule has 0 aliphatic carbocycles. The van der Waals surface area contributed by atoms with Crippen LogP contribution in [0.4, 0.5) is 0 Å². The van der Waals surface area contributed by atoms with Crippen LogP contribution < -0.4 is 11.3 Å². The van der Waals surface area contributed by atoms with Crippen molar-refractivity contribution >= 4 is 0 Å². The fourth-order valence-electron chi connectivity index (χ4n) is 1.99. The van der Waals surface area contributed by atoms with Crippen LogP contribution in [0.3, 0.4) is 0 Å². The molecule has 0 rings (SSSR count). The number of rotatable bonds is 11. The number of unbranched alkanes of at least 4 members (excludes halogenated alkanes) is 8. The lowest BCUT2D eigenvalue weighted by Gasteiger charge is -2.26. The van der Waals surface area contributed by atoms with Crippen LogP contribution in [0.15, 0.2) is 0 Å². The van der Waals surface area contributed by atoms with Crippen molar-refractivity contribution in [3.63, 3.8) is 0 Å². The molecule has 0 aromatic rings. The lowest BCUT2D eigenvalue weighted by molar-refractivity contribution is -0.432. The molecule has 0 saturated carbocycles. The maximum Gasteiger partial charge on any atom is -0.0533 e. The first-order valence-electron chi connectivity index (χ1n) is 7.34. The summed E-state index contributed by atoms with van der Waals surface area (Å²) in [6.45, 7) is 6.32. The maximum atomic E-state index is 11.4. The third kappa shape index (κ3) is 13.9. The molecule has 1 unspecified atom stereocenters. The van der Waals surface area contributed by atoms with Crippen LogP contribution in [-0.4, -0.2) is 6.10 Å². The highest BCUT2D eigenvalue weighted by molar-refractivity contribution is 4.58. The molecule has 106 valence electrons. The molecule has 0 heterocycles. The predicted molar refractivity (Wildman–Crippen MR) is 76.5 cm³/mol. The topological polar surface area (TPSA) is 59.6 Å². The van der Waals surface area contributed by atoms with Crippen molar-refractivity contribution in [1.29, 1.82) is 0 Å². The molecular weight excluding hydrogens is 210 g/mol. The lowest BCUT2D eigenvalue weighted by atomic mass is 10.00. The van der Waals surface area contributed by atoms with Crippen LogP contribution in [0, 0.1) is 5.92 Å². The summed E-state index contributed by atoms with van der Waals surface area (Å²) in [4.78, 5) is 0. The molecule has 0 fully saturated rings. The third-order valence-corrected chi connectivity index (χ3v) is 3.34. The van der Waals surface area contributed by atoms with E-state index in [1.54, 1.807) is 0 Å². The van der Waals surface area contributed by atoms with Gasteiger partial charge in [0.2, 0.25) is 0 Å². The van der Waals surface area contributed by atoms with E-state index in [0.717, 1.165) is 12.8 Å². The highest BCUT2D eigenvalue weighted by Crippen LogP contribution is 2.12. The summed E-state index contributed by atoms with van der Waals surface area (Å²) in [5, 5.41) is 11.4. The van der Waals surface area contributed by atoms with Crippen molar-refractivity contribution in [2.75, 3.05) is 0 Å². The summed E-state index contributed by atoms with van der Waals surface area (Å²) in [5.74, 6) is 0.314. The predicted octanol–water partition coefficient (Wildman–Crippen LogP) is 4.67. The Morgan fingerprint density at radius 2 is 1.18 bits per heavy atom. The quantitative estimate of drug-likeness (QED) is 0.528. The molecule has 0 aromatic heterocycles. The van der Waals surface area contributed by atoms with Gasteiger partial charge >= 0.3 is 0 Å². The highest BCUT2D eigenvalue weighted by Gasteiger charge is 1.99. The zero-order valence-corrected chi connectivity index (χ0v) is 12.6. The summed E-state index contributed by atoms with van der Waals surface area (Å²) in [7, 11) is 0. The molecule has 0 bridgehead atoms. The average Bonchev–Trinajstić information content (AvgIpc) is 2.26. The minimum atomic E-state index is -0.329. The molecule has 17 heavy (non-hydrogen) atoms. The van der Waals surface area contributed by atoms with E-state index >= 15 is 0 Å². The molecular formula is C15H35NO. The van der Waals surface area contributed by atoms with E-state index in [4.69, 9.17) is 0 Å². The Bertz CT molecular complexity index is 137. The molecule has 4 N–H and O–H groups in total. The van der Waals surface area contributed by atoms with E-state index in [9.17, 15) is 5.11 Å². The largest absolute Gasteiger partial charge is 0.852 e. The van der Waals surface area contributed by atoms with Gasteiger partial charge in [0.05, 0.1) is 0 Å². The van der Waals surface area contributed by atoms with Crippen molar-refractivity contribution in [2.24, 2.45) is 5.92 Å². The summed E-state index contributed by atoms with van der Waals surface area (Å²) < 4.78 is 0. The number of hydrogen-bond donors (Lipinski definition) is 1. The first-order valence-corrected chi connectivity index (χ1v) is 7.34. The SMILES string of the molecule is CCCCCCCCCCCC([O-])C(C)C.[NH4+]. The second-order valence-corrected chi connectivity index (χ2v) is 5.40. The van der Waals surface area contributed by atoms with E-state index < -0.39 is 0 Å². The van der Waals surface area contributed by atoms with Crippen LogP contribution >= 0.6 is 0 Å². The smallest absolute Gasteiger partial charge is 0.0533 e. The number of quaternary nitrogens is 1.